The molecule has 0 aliphatic carbocycles. The summed E-state index contributed by atoms with van der Waals surface area (Å²) in [6.07, 6.45) is 6.97. The highest BCUT2D eigenvalue weighted by Gasteiger charge is 2.42. The molecule has 0 radical (unpaired) electrons. The molecule has 0 saturated carbocycles. The number of rotatable bonds is 12. The molecule has 2 saturated heterocycles. The fraction of sp³-hybridized carbons (Fsp3) is 0.417. The summed E-state index contributed by atoms with van der Waals surface area (Å²) in [5, 5.41) is 14.2. The molecule has 0 unspecified atom stereocenters. The van der Waals surface area contributed by atoms with Crippen LogP contribution in [0.25, 0.3) is 11.0 Å². The summed E-state index contributed by atoms with van der Waals surface area (Å²) in [5.41, 5.74) is 4.39. The smallest absolute Gasteiger partial charge is 0.245 e. The first-order valence-corrected chi connectivity index (χ1v) is 16.7. The third-order valence-electron chi connectivity index (χ3n) is 9.34. The van der Waals surface area contributed by atoms with Gasteiger partial charge in [0.05, 0.1) is 11.9 Å². The van der Waals surface area contributed by atoms with Crippen molar-refractivity contribution in [3.8, 4) is 0 Å². The van der Waals surface area contributed by atoms with Gasteiger partial charge in [0, 0.05) is 52.0 Å². The third-order valence-corrected chi connectivity index (χ3v) is 9.34. The first kappa shape index (κ1) is 32.8. The predicted molar refractivity (Wildman–Crippen MR) is 179 cm³/mol. The fourth-order valence-electron chi connectivity index (χ4n) is 6.79. The van der Waals surface area contributed by atoms with Crippen molar-refractivity contribution in [1.82, 2.24) is 40.4 Å². The van der Waals surface area contributed by atoms with Crippen molar-refractivity contribution < 1.29 is 19.2 Å². The zero-order valence-corrected chi connectivity index (χ0v) is 27.3. The zero-order valence-electron chi connectivity index (χ0n) is 27.3. The Hall–Kier alpha value is -5.13. The molecule has 0 spiro atoms. The maximum Gasteiger partial charge on any atom is 0.245 e. The van der Waals surface area contributed by atoms with E-state index in [0.29, 0.717) is 32.5 Å². The summed E-state index contributed by atoms with van der Waals surface area (Å²) in [4.78, 5) is 62.0. The Labute approximate surface area is 279 Å². The van der Waals surface area contributed by atoms with Gasteiger partial charge in [-0.05, 0) is 79.0 Å². The molecular weight excluding hydrogens is 608 g/mol. The van der Waals surface area contributed by atoms with Crippen LogP contribution in [0.2, 0.25) is 0 Å². The maximum absolute atomic E-state index is 14.4. The summed E-state index contributed by atoms with van der Waals surface area (Å²) in [5.74, 6) is -0.906. The Kier molecular flexibility index (Phi) is 10.4. The second kappa shape index (κ2) is 15.2. The van der Waals surface area contributed by atoms with Gasteiger partial charge < -0.3 is 20.4 Å². The summed E-state index contributed by atoms with van der Waals surface area (Å²) in [6.45, 7) is 2.05. The van der Waals surface area contributed by atoms with Crippen molar-refractivity contribution in [1.29, 1.82) is 0 Å². The summed E-state index contributed by atoms with van der Waals surface area (Å²) >= 11 is 0. The third kappa shape index (κ3) is 8.04. The Bertz CT molecular complexity index is 1740. The number of aromatic nitrogens is 4. The van der Waals surface area contributed by atoms with Gasteiger partial charge in [-0.3, -0.25) is 24.2 Å². The lowest BCUT2D eigenvalue weighted by Gasteiger charge is -2.29. The average Bonchev–Trinajstić information content (AvgIpc) is 3.87. The van der Waals surface area contributed by atoms with Crippen LogP contribution in [0.5, 0.6) is 0 Å². The monoisotopic (exact) mass is 650 g/mol. The predicted octanol–water partition coefficient (Wildman–Crippen LogP) is 2.57. The molecule has 6 rings (SSSR count). The molecule has 2 aliphatic rings. The number of amides is 4. The minimum Gasteiger partial charge on any atom is -0.350 e. The highest BCUT2D eigenvalue weighted by Crippen LogP contribution is 2.28. The Morgan fingerprint density at radius 2 is 1.71 bits per heavy atom. The summed E-state index contributed by atoms with van der Waals surface area (Å²) < 4.78 is 1.69. The number of carbonyl (C=O) groups excluding carboxylic acids is 4. The van der Waals surface area contributed by atoms with Crippen LogP contribution in [0.3, 0.4) is 0 Å². The molecule has 2 aromatic heterocycles. The van der Waals surface area contributed by atoms with Gasteiger partial charge >= 0.3 is 0 Å². The van der Waals surface area contributed by atoms with Gasteiger partial charge in [0.2, 0.25) is 23.6 Å². The van der Waals surface area contributed by atoms with Crippen LogP contribution in [-0.4, -0.2) is 85.1 Å². The number of nitrogens with one attached hydrogen (secondary N) is 2. The molecule has 4 heterocycles. The van der Waals surface area contributed by atoms with Gasteiger partial charge in [-0.2, -0.15) is 0 Å². The number of hydrogen-bond donors (Lipinski definition) is 2. The van der Waals surface area contributed by atoms with E-state index >= 15 is 0 Å². The van der Waals surface area contributed by atoms with E-state index in [1.54, 1.807) is 22.0 Å². The molecule has 3 atom stereocenters. The molecule has 0 bridgehead atoms. The number of aryl methyl sites for hydroxylation is 1. The second-order valence-corrected chi connectivity index (χ2v) is 12.8. The highest BCUT2D eigenvalue weighted by atomic mass is 16.2. The van der Waals surface area contributed by atoms with E-state index in [1.165, 1.54) is 0 Å². The SMILES string of the molecule is Cn1nnc2cc(CNC(=O)[C@@H]3C[C@@H](Cc4ccncc4)CN3C(=O)[C@@H](CCC(=O)N3CCCC3)NC(=O)Cc3ccccc3)ccc21. The number of hydrogen-bond acceptors (Lipinski definition) is 7. The lowest BCUT2D eigenvalue weighted by Crippen LogP contribution is -2.54. The normalized spacial score (nSPS) is 18.2. The van der Waals surface area contributed by atoms with Crippen LogP contribution in [-0.2, 0) is 45.6 Å². The van der Waals surface area contributed by atoms with E-state index in [9.17, 15) is 19.2 Å². The molecule has 2 N–H and O–H groups in total. The first-order chi connectivity index (χ1) is 23.3. The van der Waals surface area contributed by atoms with Gasteiger partial charge in [-0.1, -0.05) is 41.6 Å². The van der Waals surface area contributed by atoms with Crippen LogP contribution in [0, 0.1) is 5.92 Å². The molecule has 12 nitrogen and oxygen atoms in total. The standard InChI is InChI=1S/C36H42N8O4/c1-42-31-11-9-27(20-30(31)40-41-42)23-38-35(47)32-21-28(19-26-13-15-37-16-14-26)24-44(32)36(48)29(10-12-34(46)43-17-5-6-18-43)39-33(45)22-25-7-3-2-4-8-25/h2-4,7-9,11,13-16,20,28-29,32H,5-6,10,12,17-19,21-24H2,1H3,(H,38,47)(H,39,45)/t28-,29-,32+/m1/s1. The van der Waals surface area contributed by atoms with Crippen molar-refractivity contribution in [2.24, 2.45) is 13.0 Å². The highest BCUT2D eigenvalue weighted by molar-refractivity contribution is 5.93. The Morgan fingerprint density at radius 1 is 0.938 bits per heavy atom. The summed E-state index contributed by atoms with van der Waals surface area (Å²) in [7, 11) is 1.82. The molecule has 4 amide bonds. The van der Waals surface area contributed by atoms with Gasteiger partial charge in [-0.15, -0.1) is 5.10 Å². The van der Waals surface area contributed by atoms with Crippen LogP contribution >= 0.6 is 0 Å². The van der Waals surface area contributed by atoms with Crippen molar-refractivity contribution in [3.05, 3.63) is 89.7 Å². The van der Waals surface area contributed by atoms with Crippen molar-refractivity contribution >= 4 is 34.7 Å². The van der Waals surface area contributed by atoms with E-state index < -0.39 is 12.1 Å². The number of carbonyl (C=O) groups is 4. The van der Waals surface area contributed by atoms with Crippen LogP contribution < -0.4 is 10.6 Å². The van der Waals surface area contributed by atoms with E-state index in [0.717, 1.165) is 40.6 Å². The minimum atomic E-state index is -0.943. The zero-order chi connectivity index (χ0) is 33.5. The first-order valence-electron chi connectivity index (χ1n) is 16.7. The molecule has 2 aromatic carbocycles. The number of nitrogens with zero attached hydrogens (tertiary/aromatic N) is 6. The van der Waals surface area contributed by atoms with Crippen LogP contribution in [0.1, 0.15) is 48.8 Å². The topological polar surface area (TPSA) is 142 Å². The Morgan fingerprint density at radius 3 is 2.48 bits per heavy atom. The van der Waals surface area contributed by atoms with Gasteiger partial charge in [0.25, 0.3) is 0 Å². The largest absolute Gasteiger partial charge is 0.350 e. The fourth-order valence-corrected chi connectivity index (χ4v) is 6.79. The number of fused-ring (bicyclic) bond motifs is 1. The molecule has 2 aliphatic heterocycles. The van der Waals surface area contributed by atoms with Crippen LogP contribution in [0.4, 0.5) is 0 Å². The minimum absolute atomic E-state index is 0.0195. The number of pyridine rings is 1. The Balaban J connectivity index is 1.19. The maximum atomic E-state index is 14.4. The molecule has 4 aromatic rings. The van der Waals surface area contributed by atoms with Crippen molar-refractivity contribution in [2.75, 3.05) is 19.6 Å². The molecule has 2 fully saturated rings. The molecule has 12 heteroatoms. The number of likely N-dealkylation sites (tertiary alicyclic amines) is 2. The van der Waals surface area contributed by atoms with E-state index in [4.69, 9.17) is 0 Å². The number of benzene rings is 2. The van der Waals surface area contributed by atoms with Crippen molar-refractivity contribution in [2.45, 2.75) is 63.6 Å². The lowest BCUT2D eigenvalue weighted by atomic mass is 9.97. The van der Waals surface area contributed by atoms with Crippen molar-refractivity contribution in [3.63, 3.8) is 0 Å². The van der Waals surface area contributed by atoms with E-state index in [1.807, 2.05) is 72.6 Å². The van der Waals surface area contributed by atoms with Crippen LogP contribution in [0.15, 0.2) is 73.1 Å². The van der Waals surface area contributed by atoms with Gasteiger partial charge in [-0.25, -0.2) is 4.68 Å². The van der Waals surface area contributed by atoms with E-state index in [2.05, 4.69) is 25.9 Å². The average molecular weight is 651 g/mol. The molecule has 250 valence electrons. The molecular formula is C36H42N8O4. The van der Waals surface area contributed by atoms with E-state index in [-0.39, 0.29) is 55.4 Å². The lowest BCUT2D eigenvalue weighted by molar-refractivity contribution is -0.142. The quantitative estimate of drug-likeness (QED) is 0.240. The van der Waals surface area contributed by atoms with Gasteiger partial charge in [0.1, 0.15) is 17.6 Å². The summed E-state index contributed by atoms with van der Waals surface area (Å²) in [6, 6.07) is 17.3. The second-order valence-electron chi connectivity index (χ2n) is 12.8. The molecule has 48 heavy (non-hydrogen) atoms. The van der Waals surface area contributed by atoms with Gasteiger partial charge in [0.15, 0.2) is 0 Å².